The highest BCUT2D eigenvalue weighted by atomic mass is 16.5. The average molecular weight is 350 g/mol. The maximum atomic E-state index is 12.8. The van der Waals surface area contributed by atoms with Crippen LogP contribution in [0.4, 0.5) is 0 Å². The normalized spacial score (nSPS) is 17.6. The molecule has 4 rings (SSSR count). The highest BCUT2D eigenvalue weighted by molar-refractivity contribution is 5.86. The zero-order valence-corrected chi connectivity index (χ0v) is 14.9. The molecule has 0 radical (unpaired) electrons. The van der Waals surface area contributed by atoms with Crippen LogP contribution < -0.4 is 0 Å². The lowest BCUT2D eigenvalue weighted by molar-refractivity contribution is -0.138. The third-order valence-electron chi connectivity index (χ3n) is 4.95. The first-order valence-corrected chi connectivity index (χ1v) is 9.06. The van der Waals surface area contributed by atoms with E-state index in [1.54, 1.807) is 0 Å². The number of aromatic nitrogens is 1. The monoisotopic (exact) mass is 350 g/mol. The fourth-order valence-electron chi connectivity index (χ4n) is 3.37. The minimum atomic E-state index is -0.0762. The van der Waals surface area contributed by atoms with E-state index in [9.17, 15) is 4.79 Å². The van der Waals surface area contributed by atoms with Gasteiger partial charge in [0.05, 0.1) is 19.6 Å². The van der Waals surface area contributed by atoms with Gasteiger partial charge in [-0.2, -0.15) is 0 Å². The molecule has 1 amide bonds. The lowest BCUT2D eigenvalue weighted by atomic mass is 10.0. The minimum absolute atomic E-state index is 0.0579. The molecular weight excluding hydrogens is 328 g/mol. The summed E-state index contributed by atoms with van der Waals surface area (Å²) in [6, 6.07) is 16.1. The summed E-state index contributed by atoms with van der Waals surface area (Å²) in [4.78, 5) is 14.6. The molecule has 1 fully saturated rings. The maximum Gasteiger partial charge on any atom is 0.228 e. The van der Waals surface area contributed by atoms with E-state index in [4.69, 9.17) is 9.26 Å². The number of fused-ring (bicyclic) bond motifs is 1. The average Bonchev–Trinajstić information content (AvgIpc) is 3.11. The van der Waals surface area contributed by atoms with Crippen LogP contribution in [0.15, 0.2) is 53.1 Å². The summed E-state index contributed by atoms with van der Waals surface area (Å²) in [6.07, 6.45) is 1.19. The predicted octanol–water partition coefficient (Wildman–Crippen LogP) is 3.53. The number of rotatable bonds is 4. The number of morpholine rings is 1. The molecule has 5 nitrogen and oxygen atoms in total. The van der Waals surface area contributed by atoms with E-state index >= 15 is 0 Å². The number of ether oxygens (including phenoxy) is 1. The molecule has 26 heavy (non-hydrogen) atoms. The first-order chi connectivity index (χ1) is 12.7. The summed E-state index contributed by atoms with van der Waals surface area (Å²) < 4.78 is 11.2. The van der Waals surface area contributed by atoms with Gasteiger partial charge in [-0.05, 0) is 29.7 Å². The fourth-order valence-corrected chi connectivity index (χ4v) is 3.37. The van der Waals surface area contributed by atoms with Crippen molar-refractivity contribution in [3.05, 3.63) is 65.4 Å². The Bertz CT molecular complexity index is 901. The number of nitrogens with zero attached hydrogens (tertiary/aromatic N) is 2. The molecule has 1 aliphatic rings. The summed E-state index contributed by atoms with van der Waals surface area (Å²) in [5.41, 5.74) is 3.83. The molecule has 0 aliphatic carbocycles. The van der Waals surface area contributed by atoms with Gasteiger partial charge in [-0.3, -0.25) is 4.79 Å². The van der Waals surface area contributed by atoms with Crippen LogP contribution in [0.3, 0.4) is 0 Å². The molecule has 1 atom stereocenters. The van der Waals surface area contributed by atoms with Crippen molar-refractivity contribution in [1.29, 1.82) is 0 Å². The zero-order chi connectivity index (χ0) is 17.9. The number of aryl methyl sites for hydroxylation is 1. The Hall–Kier alpha value is -2.66. The summed E-state index contributed by atoms with van der Waals surface area (Å²) in [5, 5.41) is 4.98. The molecule has 0 N–H and O–H groups in total. The van der Waals surface area contributed by atoms with Gasteiger partial charge in [-0.25, -0.2) is 0 Å². The molecule has 1 saturated heterocycles. The summed E-state index contributed by atoms with van der Waals surface area (Å²) in [6.45, 7) is 3.86. The Balaban J connectivity index is 1.45. The molecule has 0 unspecified atom stereocenters. The number of hydrogen-bond acceptors (Lipinski definition) is 4. The van der Waals surface area contributed by atoms with Crippen molar-refractivity contribution >= 4 is 16.9 Å². The lowest BCUT2D eigenvalue weighted by Crippen LogP contribution is -2.43. The molecular formula is C21H22N2O3. The van der Waals surface area contributed by atoms with Gasteiger partial charge in [-0.1, -0.05) is 48.5 Å². The van der Waals surface area contributed by atoms with Crippen molar-refractivity contribution in [2.24, 2.45) is 0 Å². The number of carbonyl (C=O) groups is 1. The van der Waals surface area contributed by atoms with Crippen LogP contribution in [0.2, 0.25) is 0 Å². The van der Waals surface area contributed by atoms with E-state index in [1.165, 1.54) is 5.56 Å². The Morgan fingerprint density at radius 1 is 1.19 bits per heavy atom. The van der Waals surface area contributed by atoms with Crippen LogP contribution in [0.5, 0.6) is 0 Å². The molecule has 0 spiro atoms. The van der Waals surface area contributed by atoms with Crippen molar-refractivity contribution in [2.75, 3.05) is 19.7 Å². The van der Waals surface area contributed by atoms with Crippen LogP contribution in [0.1, 0.15) is 29.8 Å². The number of benzene rings is 2. The standard InChI is InChI=1S/C21H22N2O3/c1-2-15-7-9-16(10-8-15)20-14-23(11-12-25-20)21(24)13-18-17-5-3-4-6-19(17)26-22-18/h3-10,20H,2,11-14H2,1H3/t20-/m0/s1. The van der Waals surface area contributed by atoms with Crippen molar-refractivity contribution < 1.29 is 14.1 Å². The SMILES string of the molecule is CCc1ccc([C@@H]2CN(C(=O)Cc3noc4ccccc34)CCO2)cc1. The first-order valence-electron chi connectivity index (χ1n) is 9.06. The molecule has 2 heterocycles. The number of amides is 1. The van der Waals surface area contributed by atoms with Gasteiger partial charge in [0.1, 0.15) is 11.8 Å². The largest absolute Gasteiger partial charge is 0.370 e. The lowest BCUT2D eigenvalue weighted by Gasteiger charge is -2.33. The summed E-state index contributed by atoms with van der Waals surface area (Å²) >= 11 is 0. The number of hydrogen-bond donors (Lipinski definition) is 0. The summed E-state index contributed by atoms with van der Waals surface area (Å²) in [7, 11) is 0. The van der Waals surface area contributed by atoms with E-state index in [0.29, 0.717) is 31.0 Å². The van der Waals surface area contributed by atoms with Gasteiger partial charge in [0.15, 0.2) is 5.58 Å². The van der Waals surface area contributed by atoms with E-state index in [2.05, 4.69) is 36.3 Å². The van der Waals surface area contributed by atoms with Gasteiger partial charge >= 0.3 is 0 Å². The van der Waals surface area contributed by atoms with Gasteiger partial charge in [0, 0.05) is 11.9 Å². The first kappa shape index (κ1) is 16.8. The quantitative estimate of drug-likeness (QED) is 0.722. The molecule has 2 aromatic carbocycles. The van der Waals surface area contributed by atoms with Gasteiger partial charge in [0.25, 0.3) is 0 Å². The van der Waals surface area contributed by atoms with Gasteiger partial charge in [-0.15, -0.1) is 0 Å². The Morgan fingerprint density at radius 3 is 2.81 bits per heavy atom. The Kier molecular flexibility index (Phi) is 4.71. The van der Waals surface area contributed by atoms with Crippen LogP contribution in [-0.2, 0) is 22.4 Å². The molecule has 3 aromatic rings. The molecule has 5 heteroatoms. The fraction of sp³-hybridized carbons (Fsp3) is 0.333. The Morgan fingerprint density at radius 2 is 2.00 bits per heavy atom. The summed E-state index contributed by atoms with van der Waals surface area (Å²) in [5.74, 6) is 0.0579. The molecule has 1 aliphatic heterocycles. The van der Waals surface area contributed by atoms with Crippen LogP contribution in [0, 0.1) is 0 Å². The molecule has 134 valence electrons. The third-order valence-corrected chi connectivity index (χ3v) is 4.95. The van der Waals surface area contributed by atoms with Crippen LogP contribution >= 0.6 is 0 Å². The topological polar surface area (TPSA) is 55.6 Å². The second kappa shape index (κ2) is 7.30. The second-order valence-electron chi connectivity index (χ2n) is 6.60. The maximum absolute atomic E-state index is 12.8. The van der Waals surface area contributed by atoms with Crippen molar-refractivity contribution in [2.45, 2.75) is 25.9 Å². The van der Waals surface area contributed by atoms with Crippen molar-refractivity contribution in [3.63, 3.8) is 0 Å². The van der Waals surface area contributed by atoms with Gasteiger partial charge in [0.2, 0.25) is 5.91 Å². The zero-order valence-electron chi connectivity index (χ0n) is 14.9. The number of para-hydroxylation sites is 1. The van der Waals surface area contributed by atoms with Crippen LogP contribution in [-0.4, -0.2) is 35.7 Å². The highest BCUT2D eigenvalue weighted by Gasteiger charge is 2.26. The van der Waals surface area contributed by atoms with E-state index < -0.39 is 0 Å². The third kappa shape index (κ3) is 3.35. The minimum Gasteiger partial charge on any atom is -0.370 e. The highest BCUT2D eigenvalue weighted by Crippen LogP contribution is 2.24. The van der Waals surface area contributed by atoms with E-state index in [-0.39, 0.29) is 18.4 Å². The van der Waals surface area contributed by atoms with Crippen LogP contribution in [0.25, 0.3) is 11.0 Å². The second-order valence-corrected chi connectivity index (χ2v) is 6.60. The predicted molar refractivity (Wildman–Crippen MR) is 98.8 cm³/mol. The van der Waals surface area contributed by atoms with E-state index in [1.807, 2.05) is 29.2 Å². The molecule has 1 aromatic heterocycles. The number of carbonyl (C=O) groups excluding carboxylic acids is 1. The molecule has 0 saturated carbocycles. The Labute approximate surface area is 152 Å². The smallest absolute Gasteiger partial charge is 0.228 e. The van der Waals surface area contributed by atoms with Gasteiger partial charge < -0.3 is 14.2 Å². The van der Waals surface area contributed by atoms with Crippen molar-refractivity contribution in [3.8, 4) is 0 Å². The van der Waals surface area contributed by atoms with Crippen molar-refractivity contribution in [1.82, 2.24) is 10.1 Å². The van der Waals surface area contributed by atoms with E-state index in [0.717, 1.165) is 17.4 Å². The molecule has 0 bridgehead atoms.